The Bertz CT molecular complexity index is 842. The molecule has 0 spiro atoms. The number of carbonyl (C=O) groups is 2. The van der Waals surface area contributed by atoms with Gasteiger partial charge in [0.15, 0.2) is 0 Å². The molecule has 5 heteroatoms. The van der Waals surface area contributed by atoms with Gasteiger partial charge in [0, 0.05) is 0 Å². The van der Waals surface area contributed by atoms with Crippen LogP contribution in [-0.2, 0) is 4.74 Å². The fraction of sp³-hybridized carbons (Fsp3) is 0.533. The number of benzene rings is 2. The van der Waals surface area contributed by atoms with Crippen molar-refractivity contribution in [1.29, 1.82) is 0 Å². The second-order valence-electron chi connectivity index (χ2n) is 8.96. The third kappa shape index (κ3) is 11.9. The van der Waals surface area contributed by atoms with Crippen molar-refractivity contribution >= 4 is 11.9 Å². The van der Waals surface area contributed by atoms with Gasteiger partial charge in [0.25, 0.3) is 0 Å². The van der Waals surface area contributed by atoms with E-state index in [4.69, 9.17) is 14.2 Å². The molecule has 0 aliphatic heterocycles. The molecule has 0 fully saturated rings. The first kappa shape index (κ1) is 28.4. The number of rotatable bonds is 18. The quantitative estimate of drug-likeness (QED) is 0.122. The number of hydrogen-bond acceptors (Lipinski definition) is 5. The van der Waals surface area contributed by atoms with E-state index < -0.39 is 5.97 Å². The van der Waals surface area contributed by atoms with Crippen LogP contribution in [-0.4, -0.2) is 25.2 Å². The summed E-state index contributed by atoms with van der Waals surface area (Å²) in [6, 6.07) is 13.4. The Kier molecular flexibility index (Phi) is 14.3. The number of esters is 2. The van der Waals surface area contributed by atoms with Crippen LogP contribution in [0.1, 0.15) is 112 Å². The highest BCUT2D eigenvalue weighted by molar-refractivity contribution is 5.92. The molecule has 2 rings (SSSR count). The van der Waals surface area contributed by atoms with Crippen molar-refractivity contribution in [3.8, 4) is 11.5 Å². The van der Waals surface area contributed by atoms with Crippen LogP contribution in [0.3, 0.4) is 0 Å². The predicted molar refractivity (Wildman–Crippen MR) is 140 cm³/mol. The fourth-order valence-corrected chi connectivity index (χ4v) is 3.72. The lowest BCUT2D eigenvalue weighted by molar-refractivity contribution is 0.0498. The summed E-state index contributed by atoms with van der Waals surface area (Å²) in [5.74, 6) is 0.313. The number of carbonyl (C=O) groups excluding carboxylic acids is 2. The van der Waals surface area contributed by atoms with Crippen LogP contribution in [0.4, 0.5) is 0 Å². The Hall–Kier alpha value is -2.82. The highest BCUT2D eigenvalue weighted by Crippen LogP contribution is 2.18. The summed E-state index contributed by atoms with van der Waals surface area (Å²) in [7, 11) is 0. The van der Waals surface area contributed by atoms with Crippen molar-refractivity contribution in [2.45, 2.75) is 90.9 Å². The molecule has 0 amide bonds. The first-order chi connectivity index (χ1) is 17.1. The molecule has 2 aromatic rings. The molecule has 5 nitrogen and oxygen atoms in total. The van der Waals surface area contributed by atoms with E-state index in [-0.39, 0.29) is 5.97 Å². The van der Waals surface area contributed by atoms with Gasteiger partial charge in [-0.25, -0.2) is 9.59 Å². The maximum absolute atomic E-state index is 12.4. The van der Waals surface area contributed by atoms with Gasteiger partial charge in [0.1, 0.15) is 11.5 Å². The Balaban J connectivity index is 1.65. The van der Waals surface area contributed by atoms with Gasteiger partial charge < -0.3 is 14.2 Å². The first-order valence-electron chi connectivity index (χ1n) is 13.4. The van der Waals surface area contributed by atoms with Gasteiger partial charge in [-0.05, 0) is 61.4 Å². The molecular weight excluding hydrogens is 440 g/mol. The molecule has 0 saturated carbocycles. The van der Waals surface area contributed by atoms with Crippen molar-refractivity contribution in [3.63, 3.8) is 0 Å². The minimum Gasteiger partial charge on any atom is -0.494 e. The molecule has 0 saturated heterocycles. The van der Waals surface area contributed by atoms with Gasteiger partial charge in [0.2, 0.25) is 0 Å². The molecule has 2 aromatic carbocycles. The van der Waals surface area contributed by atoms with Gasteiger partial charge >= 0.3 is 11.9 Å². The summed E-state index contributed by atoms with van der Waals surface area (Å²) >= 11 is 0. The highest BCUT2D eigenvalue weighted by atomic mass is 16.5. The molecular formula is C30H42O5. The molecule has 35 heavy (non-hydrogen) atoms. The van der Waals surface area contributed by atoms with Crippen LogP contribution in [0.5, 0.6) is 11.5 Å². The van der Waals surface area contributed by atoms with Crippen LogP contribution in [0, 0.1) is 0 Å². The SMILES string of the molecule is CCCCCCCCCCCOc1ccc(C(=O)Oc2ccc(C(=O)OCCCCC)cc2)cc1. The number of hydrogen-bond donors (Lipinski definition) is 0. The van der Waals surface area contributed by atoms with Crippen LogP contribution in [0.25, 0.3) is 0 Å². The maximum Gasteiger partial charge on any atom is 0.343 e. The van der Waals surface area contributed by atoms with Gasteiger partial charge in [-0.15, -0.1) is 0 Å². The molecule has 0 aliphatic carbocycles. The number of ether oxygens (including phenoxy) is 3. The largest absolute Gasteiger partial charge is 0.494 e. The smallest absolute Gasteiger partial charge is 0.343 e. The van der Waals surface area contributed by atoms with Crippen LogP contribution in [0.2, 0.25) is 0 Å². The molecule has 0 atom stereocenters. The van der Waals surface area contributed by atoms with E-state index in [0.29, 0.717) is 30.1 Å². The normalized spacial score (nSPS) is 10.7. The topological polar surface area (TPSA) is 61.8 Å². The van der Waals surface area contributed by atoms with Crippen molar-refractivity contribution in [1.82, 2.24) is 0 Å². The summed E-state index contributed by atoms with van der Waals surface area (Å²) in [6.07, 6.45) is 14.5. The van der Waals surface area contributed by atoms with Crippen molar-refractivity contribution < 1.29 is 23.8 Å². The third-order valence-corrected chi connectivity index (χ3v) is 5.89. The van der Waals surface area contributed by atoms with Crippen LogP contribution < -0.4 is 9.47 Å². The Morgan fingerprint density at radius 2 is 1.00 bits per heavy atom. The molecule has 0 aliphatic rings. The van der Waals surface area contributed by atoms with Crippen molar-refractivity contribution in [3.05, 3.63) is 59.7 Å². The van der Waals surface area contributed by atoms with Crippen molar-refractivity contribution in [2.75, 3.05) is 13.2 Å². The second-order valence-corrected chi connectivity index (χ2v) is 8.96. The van der Waals surface area contributed by atoms with E-state index in [0.717, 1.165) is 31.4 Å². The summed E-state index contributed by atoms with van der Waals surface area (Å²) in [5, 5.41) is 0. The van der Waals surface area contributed by atoms with E-state index in [1.807, 2.05) is 0 Å². The lowest BCUT2D eigenvalue weighted by atomic mass is 10.1. The van der Waals surface area contributed by atoms with Crippen molar-refractivity contribution in [2.24, 2.45) is 0 Å². The van der Waals surface area contributed by atoms with E-state index in [1.165, 1.54) is 51.4 Å². The molecule has 0 radical (unpaired) electrons. The average molecular weight is 483 g/mol. The summed E-state index contributed by atoms with van der Waals surface area (Å²) in [6.45, 7) is 5.45. The lowest BCUT2D eigenvalue weighted by Gasteiger charge is -2.08. The highest BCUT2D eigenvalue weighted by Gasteiger charge is 2.11. The Labute approximate surface area is 211 Å². The van der Waals surface area contributed by atoms with Crippen LogP contribution >= 0.6 is 0 Å². The molecule has 0 bridgehead atoms. The maximum atomic E-state index is 12.4. The summed E-state index contributed by atoms with van der Waals surface area (Å²) in [4.78, 5) is 24.5. The zero-order chi connectivity index (χ0) is 25.1. The van der Waals surface area contributed by atoms with E-state index in [1.54, 1.807) is 48.5 Å². The van der Waals surface area contributed by atoms with E-state index in [9.17, 15) is 9.59 Å². The second kappa shape index (κ2) is 17.6. The fourth-order valence-electron chi connectivity index (χ4n) is 3.72. The standard InChI is InChI=1S/C30H42O5/c1-3-5-7-8-9-10-11-12-14-23-33-27-19-15-26(16-20-27)30(32)35-28-21-17-25(18-22-28)29(31)34-24-13-6-4-2/h15-22H,3-14,23-24H2,1-2H3. The summed E-state index contributed by atoms with van der Waals surface area (Å²) < 4.78 is 16.5. The monoisotopic (exact) mass is 482 g/mol. The minimum absolute atomic E-state index is 0.364. The van der Waals surface area contributed by atoms with Gasteiger partial charge in [-0.1, -0.05) is 78.1 Å². The van der Waals surface area contributed by atoms with Crippen LogP contribution in [0.15, 0.2) is 48.5 Å². The average Bonchev–Trinajstić information content (AvgIpc) is 2.88. The molecule has 0 aromatic heterocycles. The number of unbranched alkanes of at least 4 members (excludes halogenated alkanes) is 10. The Morgan fingerprint density at radius 1 is 0.543 bits per heavy atom. The predicted octanol–water partition coefficient (Wildman–Crippen LogP) is 8.16. The molecule has 0 N–H and O–H groups in total. The van der Waals surface area contributed by atoms with E-state index >= 15 is 0 Å². The van der Waals surface area contributed by atoms with Gasteiger partial charge in [-0.3, -0.25) is 0 Å². The first-order valence-corrected chi connectivity index (χ1v) is 13.4. The van der Waals surface area contributed by atoms with Gasteiger partial charge in [-0.2, -0.15) is 0 Å². The third-order valence-electron chi connectivity index (χ3n) is 5.89. The molecule has 0 unspecified atom stereocenters. The Morgan fingerprint density at radius 3 is 1.60 bits per heavy atom. The lowest BCUT2D eigenvalue weighted by Crippen LogP contribution is -2.09. The zero-order valence-electron chi connectivity index (χ0n) is 21.6. The molecule has 0 heterocycles. The zero-order valence-corrected chi connectivity index (χ0v) is 21.6. The van der Waals surface area contributed by atoms with Gasteiger partial charge in [0.05, 0.1) is 24.3 Å². The van der Waals surface area contributed by atoms with E-state index in [2.05, 4.69) is 13.8 Å². The summed E-state index contributed by atoms with van der Waals surface area (Å²) in [5.41, 5.74) is 0.884. The molecule has 192 valence electrons. The minimum atomic E-state index is -0.453.